The number of hydrogen-bond donors (Lipinski definition) is 2. The maximum atomic E-state index is 13.0. The Morgan fingerprint density at radius 1 is 1.38 bits per heavy atom. The number of carboxylic acid groups (broad SMARTS) is 1. The number of carbonyl (C=O) groups excluding carboxylic acids is 1. The average Bonchev–Trinajstić information content (AvgIpc) is 3.14. The number of likely N-dealkylation sites (tertiary alicyclic amines) is 1. The number of amides is 1. The molecule has 1 amide bonds. The fourth-order valence-electron chi connectivity index (χ4n) is 2.89. The number of hydrogen-bond acceptors (Lipinski definition) is 4. The van der Waals surface area contributed by atoms with Crippen molar-refractivity contribution in [3.8, 4) is 0 Å². The normalized spacial score (nSPS) is 18.8. The Morgan fingerprint density at radius 2 is 2.08 bits per heavy atom. The molecule has 1 fully saturated rings. The second kappa shape index (κ2) is 6.40. The molecular formula is C16H16FN3O4. The van der Waals surface area contributed by atoms with Crippen molar-refractivity contribution < 1.29 is 24.2 Å². The van der Waals surface area contributed by atoms with Crippen LogP contribution in [0, 0.1) is 5.82 Å². The summed E-state index contributed by atoms with van der Waals surface area (Å²) in [6.07, 6.45) is 2.37. The molecule has 2 heterocycles. The van der Waals surface area contributed by atoms with Crippen LogP contribution in [0.15, 0.2) is 36.7 Å². The van der Waals surface area contributed by atoms with Crippen molar-refractivity contribution >= 4 is 11.9 Å². The van der Waals surface area contributed by atoms with Crippen LogP contribution in [-0.4, -0.2) is 49.6 Å². The van der Waals surface area contributed by atoms with Gasteiger partial charge in [0.05, 0.1) is 0 Å². The Hall–Kier alpha value is -2.74. The number of benzene rings is 1. The van der Waals surface area contributed by atoms with Gasteiger partial charge in [0.2, 0.25) is 5.91 Å². The van der Waals surface area contributed by atoms with Gasteiger partial charge in [0.25, 0.3) is 0 Å². The van der Waals surface area contributed by atoms with Crippen LogP contribution in [-0.2, 0) is 9.59 Å². The predicted octanol–water partition coefficient (Wildman–Crippen LogP) is 0.962. The van der Waals surface area contributed by atoms with Crippen molar-refractivity contribution in [2.45, 2.75) is 18.6 Å². The molecule has 0 bridgehead atoms. The number of halogens is 1. The van der Waals surface area contributed by atoms with Crippen LogP contribution in [0.2, 0.25) is 0 Å². The van der Waals surface area contributed by atoms with E-state index in [4.69, 9.17) is 5.11 Å². The van der Waals surface area contributed by atoms with Crippen molar-refractivity contribution in [2.75, 3.05) is 13.1 Å². The molecular weight excluding hydrogens is 317 g/mol. The smallest absolute Gasteiger partial charge is 0.323 e. The van der Waals surface area contributed by atoms with Gasteiger partial charge < -0.3 is 19.7 Å². The summed E-state index contributed by atoms with van der Waals surface area (Å²) in [5.74, 6) is -1.54. The molecule has 8 heteroatoms. The molecule has 1 saturated heterocycles. The number of nitrogens with zero attached hydrogens (tertiary/aromatic N) is 3. The quantitative estimate of drug-likeness (QED) is 0.850. The Labute approximate surface area is 137 Å². The van der Waals surface area contributed by atoms with E-state index in [2.05, 4.69) is 4.98 Å². The third-order valence-electron chi connectivity index (χ3n) is 4.06. The molecule has 1 aliphatic heterocycles. The van der Waals surface area contributed by atoms with E-state index in [1.807, 2.05) is 0 Å². The molecule has 0 saturated carbocycles. The van der Waals surface area contributed by atoms with Crippen LogP contribution < -0.4 is 0 Å². The average molecular weight is 333 g/mol. The van der Waals surface area contributed by atoms with E-state index in [0.717, 1.165) is 0 Å². The highest BCUT2D eigenvalue weighted by atomic mass is 19.1. The SMILES string of the molecule is O=C(O)CN1CCC(n2ccnc2C(O)c2ccc(F)cc2)C1=O. The van der Waals surface area contributed by atoms with E-state index in [1.165, 1.54) is 35.4 Å². The summed E-state index contributed by atoms with van der Waals surface area (Å²) < 4.78 is 14.6. The standard InChI is InChI=1S/C16H16FN3O4/c17-11-3-1-10(2-4-11)14(23)15-18-6-8-20(15)12-5-7-19(16(12)24)9-13(21)22/h1-4,6,8,12,14,23H,5,7,9H2,(H,21,22). The highest BCUT2D eigenvalue weighted by Crippen LogP contribution is 2.28. The van der Waals surface area contributed by atoms with Gasteiger partial charge in [-0.05, 0) is 24.1 Å². The fourth-order valence-corrected chi connectivity index (χ4v) is 2.89. The van der Waals surface area contributed by atoms with Crippen LogP contribution in [0.5, 0.6) is 0 Å². The molecule has 0 spiro atoms. The van der Waals surface area contributed by atoms with Gasteiger partial charge in [-0.3, -0.25) is 9.59 Å². The van der Waals surface area contributed by atoms with E-state index < -0.39 is 23.9 Å². The predicted molar refractivity (Wildman–Crippen MR) is 80.6 cm³/mol. The number of aliphatic hydroxyl groups is 1. The summed E-state index contributed by atoms with van der Waals surface area (Å²) in [6.45, 7) is -0.0139. The first-order valence-electron chi connectivity index (χ1n) is 7.44. The number of imidazole rings is 1. The zero-order chi connectivity index (χ0) is 17.3. The van der Waals surface area contributed by atoms with Crippen LogP contribution in [0.4, 0.5) is 4.39 Å². The first kappa shape index (κ1) is 16.1. The molecule has 1 aromatic carbocycles. The molecule has 2 unspecified atom stereocenters. The fraction of sp³-hybridized carbons (Fsp3) is 0.312. The molecule has 2 aromatic rings. The van der Waals surface area contributed by atoms with Gasteiger partial charge in [0, 0.05) is 18.9 Å². The second-order valence-corrected chi connectivity index (χ2v) is 5.60. The molecule has 3 rings (SSSR count). The van der Waals surface area contributed by atoms with Gasteiger partial charge in [-0.1, -0.05) is 12.1 Å². The molecule has 7 nitrogen and oxygen atoms in total. The molecule has 1 aromatic heterocycles. The van der Waals surface area contributed by atoms with Gasteiger partial charge in [0.1, 0.15) is 30.3 Å². The second-order valence-electron chi connectivity index (χ2n) is 5.60. The van der Waals surface area contributed by atoms with Crippen molar-refractivity contribution in [2.24, 2.45) is 0 Å². The van der Waals surface area contributed by atoms with Crippen LogP contribution >= 0.6 is 0 Å². The van der Waals surface area contributed by atoms with Crippen LogP contribution in [0.25, 0.3) is 0 Å². The van der Waals surface area contributed by atoms with Crippen molar-refractivity contribution in [1.82, 2.24) is 14.5 Å². The van der Waals surface area contributed by atoms with Gasteiger partial charge in [-0.15, -0.1) is 0 Å². The molecule has 1 aliphatic rings. The van der Waals surface area contributed by atoms with Crippen molar-refractivity contribution in [1.29, 1.82) is 0 Å². The lowest BCUT2D eigenvalue weighted by Crippen LogP contribution is -2.33. The lowest BCUT2D eigenvalue weighted by Gasteiger charge is -2.18. The van der Waals surface area contributed by atoms with E-state index in [-0.39, 0.29) is 18.3 Å². The summed E-state index contributed by atoms with van der Waals surface area (Å²) in [6, 6.07) is 4.78. The van der Waals surface area contributed by atoms with Gasteiger partial charge in [-0.25, -0.2) is 9.37 Å². The summed E-state index contributed by atoms with van der Waals surface area (Å²) >= 11 is 0. The van der Waals surface area contributed by atoms with E-state index in [9.17, 15) is 19.1 Å². The van der Waals surface area contributed by atoms with E-state index in [1.54, 1.807) is 10.8 Å². The lowest BCUT2D eigenvalue weighted by molar-refractivity contribution is -0.143. The Kier molecular flexibility index (Phi) is 4.30. The maximum absolute atomic E-state index is 13.0. The number of aliphatic carboxylic acids is 1. The first-order valence-corrected chi connectivity index (χ1v) is 7.44. The van der Waals surface area contributed by atoms with E-state index >= 15 is 0 Å². The minimum absolute atomic E-state index is 0.261. The van der Waals surface area contributed by atoms with Crippen molar-refractivity contribution in [3.05, 3.63) is 53.9 Å². The molecule has 0 radical (unpaired) electrons. The number of aliphatic hydroxyl groups excluding tert-OH is 1. The molecule has 0 aliphatic carbocycles. The summed E-state index contributed by atoms with van der Waals surface area (Å²) in [5, 5.41) is 19.3. The van der Waals surface area contributed by atoms with E-state index in [0.29, 0.717) is 18.5 Å². The summed E-state index contributed by atoms with van der Waals surface area (Å²) in [5.41, 5.74) is 0.455. The third kappa shape index (κ3) is 3.00. The molecule has 2 N–H and O–H groups in total. The zero-order valence-electron chi connectivity index (χ0n) is 12.7. The number of carbonyl (C=O) groups is 2. The number of aromatic nitrogens is 2. The monoisotopic (exact) mass is 333 g/mol. The minimum Gasteiger partial charge on any atom is -0.480 e. The van der Waals surface area contributed by atoms with Gasteiger partial charge in [-0.2, -0.15) is 0 Å². The first-order chi connectivity index (χ1) is 11.5. The van der Waals surface area contributed by atoms with Crippen LogP contribution in [0.3, 0.4) is 0 Å². The largest absolute Gasteiger partial charge is 0.480 e. The highest BCUT2D eigenvalue weighted by molar-refractivity contribution is 5.86. The number of carboxylic acids is 1. The molecule has 126 valence electrons. The zero-order valence-corrected chi connectivity index (χ0v) is 12.7. The third-order valence-corrected chi connectivity index (χ3v) is 4.06. The topological polar surface area (TPSA) is 95.7 Å². The summed E-state index contributed by atoms with van der Waals surface area (Å²) in [4.78, 5) is 28.6. The highest BCUT2D eigenvalue weighted by Gasteiger charge is 2.35. The lowest BCUT2D eigenvalue weighted by atomic mass is 10.1. The molecule has 24 heavy (non-hydrogen) atoms. The maximum Gasteiger partial charge on any atom is 0.323 e. The van der Waals surface area contributed by atoms with Crippen molar-refractivity contribution in [3.63, 3.8) is 0 Å². The number of rotatable bonds is 5. The Balaban J connectivity index is 1.84. The van der Waals surface area contributed by atoms with Crippen LogP contribution in [0.1, 0.15) is 30.0 Å². The summed E-state index contributed by atoms with van der Waals surface area (Å²) in [7, 11) is 0. The Bertz CT molecular complexity index is 759. The van der Waals surface area contributed by atoms with Gasteiger partial charge >= 0.3 is 5.97 Å². The Morgan fingerprint density at radius 3 is 2.75 bits per heavy atom. The minimum atomic E-state index is -1.11. The molecule has 2 atom stereocenters. The van der Waals surface area contributed by atoms with Gasteiger partial charge in [0.15, 0.2) is 0 Å².